The monoisotopic (exact) mass is 311 g/mol. The van der Waals surface area contributed by atoms with Crippen molar-refractivity contribution < 1.29 is 4.74 Å². The third kappa shape index (κ3) is 3.09. The number of ether oxygens (including phenoxy) is 1. The summed E-state index contributed by atoms with van der Waals surface area (Å²) in [5.74, 6) is 1.78. The van der Waals surface area contributed by atoms with Crippen molar-refractivity contribution in [3.63, 3.8) is 0 Å². The van der Waals surface area contributed by atoms with E-state index in [0.29, 0.717) is 0 Å². The maximum Gasteiger partial charge on any atom is 0.127 e. The Balaban J connectivity index is 1.82. The Kier molecular flexibility index (Phi) is 4.06. The molecule has 0 atom stereocenters. The van der Waals surface area contributed by atoms with Gasteiger partial charge in [-0.05, 0) is 35.9 Å². The number of nitrogens with zero attached hydrogens (tertiary/aromatic N) is 3. The molecule has 112 valence electrons. The molecule has 5 heteroatoms. The normalized spacial score (nSPS) is 11.2. The number of hydrogen-bond acceptors (Lipinski definition) is 5. The van der Waals surface area contributed by atoms with Crippen molar-refractivity contribution in [2.75, 3.05) is 26.1 Å². The van der Waals surface area contributed by atoms with Gasteiger partial charge in [-0.2, -0.15) is 0 Å². The molecule has 0 aliphatic heterocycles. The Morgan fingerprint density at radius 3 is 2.68 bits per heavy atom. The summed E-state index contributed by atoms with van der Waals surface area (Å²) in [6.07, 6.45) is 5.91. The number of benzene rings is 1. The summed E-state index contributed by atoms with van der Waals surface area (Å²) in [7, 11) is 5.62. The van der Waals surface area contributed by atoms with Gasteiger partial charge in [0.1, 0.15) is 16.6 Å². The molecule has 3 rings (SSSR count). The zero-order valence-electron chi connectivity index (χ0n) is 12.8. The lowest BCUT2D eigenvalue weighted by atomic mass is 10.2. The summed E-state index contributed by atoms with van der Waals surface area (Å²) in [4.78, 5) is 11.0. The molecule has 4 nitrogen and oxygen atoms in total. The lowest BCUT2D eigenvalue weighted by Crippen LogP contribution is -2.09. The van der Waals surface area contributed by atoms with E-state index in [1.54, 1.807) is 18.4 Å². The van der Waals surface area contributed by atoms with Crippen molar-refractivity contribution in [1.29, 1.82) is 0 Å². The Morgan fingerprint density at radius 2 is 2.00 bits per heavy atom. The van der Waals surface area contributed by atoms with Crippen molar-refractivity contribution in [2.24, 2.45) is 0 Å². The number of rotatable bonds is 4. The average molecular weight is 311 g/mol. The molecule has 0 aliphatic rings. The van der Waals surface area contributed by atoms with Crippen LogP contribution in [0.5, 0.6) is 5.75 Å². The molecule has 0 saturated carbocycles. The summed E-state index contributed by atoms with van der Waals surface area (Å²) in [5, 5.41) is 0.972. The fourth-order valence-corrected chi connectivity index (χ4v) is 2.90. The number of hydrogen-bond donors (Lipinski definition) is 0. The van der Waals surface area contributed by atoms with E-state index >= 15 is 0 Å². The number of thiazole rings is 1. The molecule has 0 amide bonds. The lowest BCUT2D eigenvalue weighted by molar-refractivity contribution is 0.415. The molecule has 2 aromatic heterocycles. The Morgan fingerprint density at radius 1 is 1.14 bits per heavy atom. The minimum absolute atomic E-state index is 0.830. The van der Waals surface area contributed by atoms with Gasteiger partial charge in [0.05, 0.1) is 17.3 Å². The van der Waals surface area contributed by atoms with Crippen LogP contribution in [0.1, 0.15) is 10.6 Å². The van der Waals surface area contributed by atoms with Gasteiger partial charge in [-0.1, -0.05) is 6.08 Å². The second kappa shape index (κ2) is 6.15. The molecule has 0 saturated heterocycles. The summed E-state index contributed by atoms with van der Waals surface area (Å²) in [6, 6.07) is 10.0. The van der Waals surface area contributed by atoms with E-state index in [9.17, 15) is 0 Å². The zero-order chi connectivity index (χ0) is 15.5. The number of anilines is 1. The maximum absolute atomic E-state index is 5.23. The first-order valence-corrected chi connectivity index (χ1v) is 7.73. The van der Waals surface area contributed by atoms with E-state index in [4.69, 9.17) is 4.74 Å². The van der Waals surface area contributed by atoms with Gasteiger partial charge in [-0.3, -0.25) is 0 Å². The second-order valence-corrected chi connectivity index (χ2v) is 6.13. The Bertz CT molecular complexity index is 806. The van der Waals surface area contributed by atoms with Crippen LogP contribution in [-0.4, -0.2) is 31.2 Å². The number of pyridine rings is 1. The smallest absolute Gasteiger partial charge is 0.127 e. The highest BCUT2D eigenvalue weighted by molar-refractivity contribution is 7.19. The molecule has 3 aromatic rings. The molecule has 0 spiro atoms. The zero-order valence-corrected chi connectivity index (χ0v) is 13.6. The third-order valence-corrected chi connectivity index (χ3v) is 4.26. The van der Waals surface area contributed by atoms with Crippen LogP contribution < -0.4 is 9.64 Å². The second-order valence-electron chi connectivity index (χ2n) is 5.06. The molecule has 0 fully saturated rings. The highest BCUT2D eigenvalue weighted by Gasteiger charge is 2.03. The number of methoxy groups -OCH3 is 1. The molecular weight excluding hydrogens is 294 g/mol. The summed E-state index contributed by atoms with van der Waals surface area (Å²) in [6.45, 7) is 0. The summed E-state index contributed by atoms with van der Waals surface area (Å²) < 4.78 is 6.38. The van der Waals surface area contributed by atoms with Crippen molar-refractivity contribution >= 4 is 39.5 Å². The van der Waals surface area contributed by atoms with E-state index in [0.717, 1.165) is 32.4 Å². The number of aromatic nitrogens is 2. The minimum atomic E-state index is 0.830. The van der Waals surface area contributed by atoms with E-state index in [2.05, 4.69) is 16.0 Å². The highest BCUT2D eigenvalue weighted by Crippen LogP contribution is 2.27. The molecular formula is C17H17N3OS. The minimum Gasteiger partial charge on any atom is -0.497 e. The van der Waals surface area contributed by atoms with Crippen LogP contribution in [0.4, 0.5) is 5.82 Å². The molecule has 0 aliphatic carbocycles. The van der Waals surface area contributed by atoms with Gasteiger partial charge in [-0.25, -0.2) is 9.97 Å². The topological polar surface area (TPSA) is 38.2 Å². The predicted octanol–water partition coefficient (Wildman–Crippen LogP) is 3.94. The number of fused-ring (bicyclic) bond motifs is 1. The largest absolute Gasteiger partial charge is 0.497 e. The van der Waals surface area contributed by atoms with E-state index in [1.165, 1.54) is 0 Å². The first-order valence-electron chi connectivity index (χ1n) is 6.92. The Labute approximate surface area is 133 Å². The van der Waals surface area contributed by atoms with Gasteiger partial charge in [0, 0.05) is 26.4 Å². The van der Waals surface area contributed by atoms with Crippen LogP contribution in [0.3, 0.4) is 0 Å². The SMILES string of the molecule is COc1ccc2sc(/C=C/c3ccc(N(C)C)nc3)nc2c1. The van der Waals surface area contributed by atoms with E-state index < -0.39 is 0 Å². The summed E-state index contributed by atoms with van der Waals surface area (Å²) >= 11 is 1.66. The maximum atomic E-state index is 5.23. The van der Waals surface area contributed by atoms with Crippen LogP contribution in [0.2, 0.25) is 0 Å². The molecule has 1 aromatic carbocycles. The van der Waals surface area contributed by atoms with Gasteiger partial charge < -0.3 is 9.64 Å². The van der Waals surface area contributed by atoms with Crippen molar-refractivity contribution in [3.8, 4) is 5.75 Å². The first kappa shape index (κ1) is 14.5. The summed E-state index contributed by atoms with van der Waals surface area (Å²) in [5.41, 5.74) is 2.02. The lowest BCUT2D eigenvalue weighted by Gasteiger charge is -2.10. The first-order chi connectivity index (χ1) is 10.7. The van der Waals surface area contributed by atoms with Crippen molar-refractivity contribution in [2.45, 2.75) is 0 Å². The molecule has 0 N–H and O–H groups in total. The van der Waals surface area contributed by atoms with Gasteiger partial charge in [0.2, 0.25) is 0 Å². The van der Waals surface area contributed by atoms with Gasteiger partial charge in [-0.15, -0.1) is 11.3 Å². The quantitative estimate of drug-likeness (QED) is 0.731. The predicted molar refractivity (Wildman–Crippen MR) is 93.7 cm³/mol. The van der Waals surface area contributed by atoms with Crippen LogP contribution in [0.25, 0.3) is 22.4 Å². The van der Waals surface area contributed by atoms with Gasteiger partial charge >= 0.3 is 0 Å². The standard InChI is InChI=1S/C17H17N3OS/c1-20(2)16-8-4-12(11-18-16)5-9-17-19-14-10-13(21-3)6-7-15(14)22-17/h4-11H,1-3H3/b9-5+. The van der Waals surface area contributed by atoms with Crippen LogP contribution in [0.15, 0.2) is 36.5 Å². The molecule has 0 bridgehead atoms. The van der Waals surface area contributed by atoms with Crippen molar-refractivity contribution in [3.05, 3.63) is 47.1 Å². The molecule has 2 heterocycles. The van der Waals surface area contributed by atoms with E-state index in [1.807, 2.05) is 61.6 Å². The van der Waals surface area contributed by atoms with Gasteiger partial charge in [0.15, 0.2) is 0 Å². The fourth-order valence-electron chi connectivity index (χ4n) is 2.05. The van der Waals surface area contributed by atoms with Crippen molar-refractivity contribution in [1.82, 2.24) is 9.97 Å². The average Bonchev–Trinajstić information content (AvgIpc) is 2.95. The van der Waals surface area contributed by atoms with E-state index in [-0.39, 0.29) is 0 Å². The van der Waals surface area contributed by atoms with Gasteiger partial charge in [0.25, 0.3) is 0 Å². The molecule has 0 radical (unpaired) electrons. The Hall–Kier alpha value is -2.40. The highest BCUT2D eigenvalue weighted by atomic mass is 32.1. The molecule has 22 heavy (non-hydrogen) atoms. The third-order valence-electron chi connectivity index (χ3n) is 3.26. The van der Waals surface area contributed by atoms with Crippen LogP contribution >= 0.6 is 11.3 Å². The van der Waals surface area contributed by atoms with Crippen LogP contribution in [-0.2, 0) is 0 Å². The molecule has 0 unspecified atom stereocenters. The van der Waals surface area contributed by atoms with Crippen LogP contribution in [0, 0.1) is 0 Å². The fraction of sp³-hybridized carbons (Fsp3) is 0.176.